The van der Waals surface area contributed by atoms with Gasteiger partial charge in [0.05, 0.1) is 11.2 Å². The number of rotatable bonds is 2. The van der Waals surface area contributed by atoms with Crippen LogP contribution in [0.5, 0.6) is 0 Å². The van der Waals surface area contributed by atoms with E-state index in [9.17, 15) is 0 Å². The normalized spacial score (nSPS) is 11.2. The summed E-state index contributed by atoms with van der Waals surface area (Å²) in [5.74, 6) is 0. The highest BCUT2D eigenvalue weighted by molar-refractivity contribution is 5.80. The van der Waals surface area contributed by atoms with Crippen molar-refractivity contribution >= 4 is 23.1 Å². The number of benzene rings is 2. The van der Waals surface area contributed by atoms with E-state index in [2.05, 4.69) is 60.5 Å². The van der Waals surface area contributed by atoms with Crippen molar-refractivity contribution in [1.29, 1.82) is 0 Å². The molecular weight excluding hydrogens is 230 g/mol. The van der Waals surface area contributed by atoms with Gasteiger partial charge in [-0.05, 0) is 30.7 Å². The molecule has 0 bridgehead atoms. The van der Waals surface area contributed by atoms with Crippen LogP contribution in [0.25, 0.3) is 23.1 Å². The van der Waals surface area contributed by atoms with Crippen LogP contribution in [0, 0.1) is 6.92 Å². The van der Waals surface area contributed by atoms with Gasteiger partial charge in [-0.15, -0.1) is 0 Å². The zero-order valence-electron chi connectivity index (χ0n) is 10.9. The van der Waals surface area contributed by atoms with Crippen LogP contribution in [0.15, 0.2) is 60.7 Å². The number of aryl methyl sites for hydroxylation is 1. The number of aromatic nitrogens is 1. The van der Waals surface area contributed by atoms with Gasteiger partial charge in [0.1, 0.15) is 0 Å². The SMILES string of the molecule is Cc1ccc(C=Cc2ccc3ccccc3n2)cc1. The van der Waals surface area contributed by atoms with Crippen molar-refractivity contribution in [2.75, 3.05) is 0 Å². The number of para-hydroxylation sites is 1. The van der Waals surface area contributed by atoms with Crippen molar-refractivity contribution < 1.29 is 0 Å². The zero-order valence-corrected chi connectivity index (χ0v) is 10.9. The molecule has 1 aromatic heterocycles. The fourth-order valence-electron chi connectivity index (χ4n) is 2.03. The molecule has 0 radical (unpaired) electrons. The molecule has 0 N–H and O–H groups in total. The maximum atomic E-state index is 4.62. The molecule has 0 saturated carbocycles. The number of fused-ring (bicyclic) bond motifs is 1. The van der Waals surface area contributed by atoms with Gasteiger partial charge < -0.3 is 0 Å². The molecule has 0 atom stereocenters. The second kappa shape index (κ2) is 5.07. The van der Waals surface area contributed by atoms with Gasteiger partial charge in [-0.2, -0.15) is 0 Å². The molecule has 0 spiro atoms. The predicted molar refractivity (Wildman–Crippen MR) is 81.9 cm³/mol. The summed E-state index contributed by atoms with van der Waals surface area (Å²) in [5, 5.41) is 1.18. The second-order valence-electron chi connectivity index (χ2n) is 4.67. The lowest BCUT2D eigenvalue weighted by atomic mass is 10.1. The van der Waals surface area contributed by atoms with Crippen LogP contribution in [0.1, 0.15) is 16.8 Å². The van der Waals surface area contributed by atoms with Gasteiger partial charge in [0.25, 0.3) is 0 Å². The summed E-state index contributed by atoms with van der Waals surface area (Å²) in [6.45, 7) is 2.10. The van der Waals surface area contributed by atoms with Crippen LogP contribution in [-0.4, -0.2) is 4.98 Å². The average molecular weight is 245 g/mol. The Balaban J connectivity index is 1.90. The first kappa shape index (κ1) is 11.7. The average Bonchev–Trinajstić information content (AvgIpc) is 2.46. The van der Waals surface area contributed by atoms with Crippen molar-refractivity contribution in [1.82, 2.24) is 4.98 Å². The molecule has 3 aromatic rings. The van der Waals surface area contributed by atoms with E-state index in [1.165, 1.54) is 16.5 Å². The molecule has 0 amide bonds. The third kappa shape index (κ3) is 2.71. The van der Waals surface area contributed by atoms with Gasteiger partial charge in [0.15, 0.2) is 0 Å². The van der Waals surface area contributed by atoms with Crippen molar-refractivity contribution in [3.8, 4) is 0 Å². The van der Waals surface area contributed by atoms with Crippen molar-refractivity contribution in [3.05, 3.63) is 77.5 Å². The lowest BCUT2D eigenvalue weighted by molar-refractivity contribution is 1.37. The van der Waals surface area contributed by atoms with E-state index >= 15 is 0 Å². The Kier molecular flexibility index (Phi) is 3.11. The summed E-state index contributed by atoms with van der Waals surface area (Å²) in [4.78, 5) is 4.62. The second-order valence-corrected chi connectivity index (χ2v) is 4.67. The molecule has 0 aliphatic carbocycles. The van der Waals surface area contributed by atoms with Crippen molar-refractivity contribution in [2.24, 2.45) is 0 Å². The van der Waals surface area contributed by atoms with Gasteiger partial charge in [0, 0.05) is 5.39 Å². The van der Waals surface area contributed by atoms with Crippen LogP contribution < -0.4 is 0 Å². The fraction of sp³-hybridized carbons (Fsp3) is 0.0556. The summed E-state index contributed by atoms with van der Waals surface area (Å²) in [7, 11) is 0. The van der Waals surface area contributed by atoms with Crippen LogP contribution in [-0.2, 0) is 0 Å². The molecule has 92 valence electrons. The summed E-state index contributed by atoms with van der Waals surface area (Å²) in [6.07, 6.45) is 4.15. The Morgan fingerprint density at radius 3 is 2.42 bits per heavy atom. The van der Waals surface area contributed by atoms with Gasteiger partial charge in [-0.25, -0.2) is 4.98 Å². The standard InChI is InChI=1S/C18H15N/c1-14-6-8-15(9-7-14)10-12-17-13-11-16-4-2-3-5-18(16)19-17/h2-13H,1H3. The van der Waals surface area contributed by atoms with Gasteiger partial charge in [-0.3, -0.25) is 0 Å². The van der Waals surface area contributed by atoms with Gasteiger partial charge in [0.2, 0.25) is 0 Å². The largest absolute Gasteiger partial charge is 0.248 e. The molecule has 0 unspecified atom stereocenters. The molecule has 3 rings (SSSR count). The monoisotopic (exact) mass is 245 g/mol. The first-order valence-corrected chi connectivity index (χ1v) is 6.42. The Morgan fingerprint density at radius 2 is 1.58 bits per heavy atom. The quantitative estimate of drug-likeness (QED) is 0.637. The molecule has 1 heterocycles. The third-order valence-corrected chi connectivity index (χ3v) is 3.14. The highest BCUT2D eigenvalue weighted by atomic mass is 14.7. The summed E-state index contributed by atoms with van der Waals surface area (Å²) >= 11 is 0. The van der Waals surface area contributed by atoms with E-state index in [0.29, 0.717) is 0 Å². The number of hydrogen-bond donors (Lipinski definition) is 0. The van der Waals surface area contributed by atoms with E-state index in [4.69, 9.17) is 0 Å². The van der Waals surface area contributed by atoms with Crippen molar-refractivity contribution in [3.63, 3.8) is 0 Å². The molecule has 0 aliphatic rings. The first-order chi connectivity index (χ1) is 9.31. The Morgan fingerprint density at radius 1 is 0.789 bits per heavy atom. The summed E-state index contributed by atoms with van der Waals surface area (Å²) in [6, 6.07) is 20.8. The molecule has 0 aliphatic heterocycles. The van der Waals surface area contributed by atoms with Crippen LogP contribution in [0.2, 0.25) is 0 Å². The first-order valence-electron chi connectivity index (χ1n) is 6.42. The Labute approximate surface area is 113 Å². The maximum absolute atomic E-state index is 4.62. The van der Waals surface area contributed by atoms with Gasteiger partial charge in [-0.1, -0.05) is 60.2 Å². The highest BCUT2D eigenvalue weighted by Crippen LogP contribution is 2.14. The lowest BCUT2D eigenvalue weighted by Crippen LogP contribution is -1.82. The summed E-state index contributed by atoms with van der Waals surface area (Å²) in [5.41, 5.74) is 4.49. The minimum atomic E-state index is 0.985. The molecule has 0 fully saturated rings. The lowest BCUT2D eigenvalue weighted by Gasteiger charge is -1.99. The van der Waals surface area contributed by atoms with E-state index < -0.39 is 0 Å². The Hall–Kier alpha value is -2.41. The van der Waals surface area contributed by atoms with E-state index in [-0.39, 0.29) is 0 Å². The summed E-state index contributed by atoms with van der Waals surface area (Å²) < 4.78 is 0. The maximum Gasteiger partial charge on any atom is 0.0709 e. The minimum absolute atomic E-state index is 0.985. The van der Waals surface area contributed by atoms with Crippen LogP contribution in [0.3, 0.4) is 0 Å². The number of nitrogens with zero attached hydrogens (tertiary/aromatic N) is 1. The molecule has 19 heavy (non-hydrogen) atoms. The predicted octanol–water partition coefficient (Wildman–Crippen LogP) is 4.71. The molecule has 1 nitrogen and oxygen atoms in total. The third-order valence-electron chi connectivity index (χ3n) is 3.14. The topological polar surface area (TPSA) is 12.9 Å². The zero-order chi connectivity index (χ0) is 13.1. The number of pyridine rings is 1. The molecule has 0 saturated heterocycles. The smallest absolute Gasteiger partial charge is 0.0709 e. The fourth-order valence-corrected chi connectivity index (χ4v) is 2.03. The van der Waals surface area contributed by atoms with Gasteiger partial charge >= 0.3 is 0 Å². The Bertz CT molecular complexity index is 724. The van der Waals surface area contributed by atoms with E-state index in [1.54, 1.807) is 0 Å². The molecule has 2 aromatic carbocycles. The van der Waals surface area contributed by atoms with E-state index in [0.717, 1.165) is 11.2 Å². The molecular formula is C18H15N. The van der Waals surface area contributed by atoms with E-state index in [1.807, 2.05) is 24.3 Å². The molecule has 1 heteroatoms. The van der Waals surface area contributed by atoms with Crippen LogP contribution in [0.4, 0.5) is 0 Å². The van der Waals surface area contributed by atoms with Crippen molar-refractivity contribution in [2.45, 2.75) is 6.92 Å². The highest BCUT2D eigenvalue weighted by Gasteiger charge is 1.94. The minimum Gasteiger partial charge on any atom is -0.248 e. The van der Waals surface area contributed by atoms with Crippen LogP contribution >= 0.6 is 0 Å². The number of hydrogen-bond acceptors (Lipinski definition) is 1.